The molecule has 1 aliphatic carbocycles. The fourth-order valence-corrected chi connectivity index (χ4v) is 3.79. The molecule has 1 aromatic carbocycles. The zero-order valence-corrected chi connectivity index (χ0v) is 15.5. The van der Waals surface area contributed by atoms with Crippen LogP contribution < -0.4 is 10.6 Å². The van der Waals surface area contributed by atoms with Gasteiger partial charge in [0.25, 0.3) is 0 Å². The van der Waals surface area contributed by atoms with Gasteiger partial charge in [-0.25, -0.2) is 9.98 Å². The van der Waals surface area contributed by atoms with Crippen molar-refractivity contribution in [1.29, 1.82) is 0 Å². The molecular weight excluding hydrogens is 316 g/mol. The quantitative estimate of drug-likeness (QED) is 0.623. The smallest absolute Gasteiger partial charge is 0.191 e. The Balaban J connectivity index is 1.65. The van der Waals surface area contributed by atoms with Crippen LogP contribution >= 0.6 is 11.3 Å². The molecule has 2 N–H and O–H groups in total. The molecule has 0 amide bonds. The Morgan fingerprint density at radius 2 is 2.04 bits per heavy atom. The van der Waals surface area contributed by atoms with Crippen molar-refractivity contribution < 1.29 is 0 Å². The minimum atomic E-state index is 0.277. The molecule has 5 heteroatoms. The fourth-order valence-electron chi connectivity index (χ4n) is 3.08. The molecule has 3 rings (SSSR count). The number of rotatable bonds is 6. The van der Waals surface area contributed by atoms with Crippen LogP contribution in [0.2, 0.25) is 0 Å². The summed E-state index contributed by atoms with van der Waals surface area (Å²) in [5, 5.41) is 7.94. The Bertz CT molecular complexity index is 716. The van der Waals surface area contributed by atoms with Crippen molar-refractivity contribution in [3.63, 3.8) is 0 Å². The number of aromatic nitrogens is 1. The molecule has 0 bridgehead atoms. The van der Waals surface area contributed by atoms with Crippen LogP contribution in [0, 0.1) is 13.8 Å². The molecule has 0 radical (unpaired) electrons. The summed E-state index contributed by atoms with van der Waals surface area (Å²) in [5.74, 6) is 0.880. The van der Waals surface area contributed by atoms with Crippen LogP contribution in [-0.2, 0) is 12.0 Å². The number of nitrogens with one attached hydrogen (secondary N) is 2. The molecule has 0 atom stereocenters. The van der Waals surface area contributed by atoms with Crippen molar-refractivity contribution in [2.75, 3.05) is 13.1 Å². The number of thiazole rings is 1. The average molecular weight is 343 g/mol. The van der Waals surface area contributed by atoms with Crippen LogP contribution in [0.15, 0.2) is 35.5 Å². The topological polar surface area (TPSA) is 49.3 Å². The number of guanidine groups is 1. The first-order valence-corrected chi connectivity index (χ1v) is 9.44. The highest BCUT2D eigenvalue weighted by atomic mass is 32.1. The van der Waals surface area contributed by atoms with E-state index in [4.69, 9.17) is 0 Å². The average Bonchev–Trinajstić information content (AvgIpc) is 3.25. The van der Waals surface area contributed by atoms with Gasteiger partial charge in [0.05, 0.1) is 6.54 Å². The van der Waals surface area contributed by atoms with Crippen LogP contribution in [0.1, 0.15) is 40.8 Å². The van der Waals surface area contributed by atoms with Crippen molar-refractivity contribution in [2.45, 2.75) is 45.6 Å². The summed E-state index contributed by atoms with van der Waals surface area (Å²) in [6.07, 6.45) is 4.40. The minimum absolute atomic E-state index is 0.277. The molecule has 0 aliphatic heterocycles. The van der Waals surface area contributed by atoms with E-state index in [0.29, 0.717) is 6.54 Å². The fraction of sp³-hybridized carbons (Fsp3) is 0.474. The number of aliphatic imine (C=N–C) groups is 1. The minimum Gasteiger partial charge on any atom is -0.357 e. The third-order valence-electron chi connectivity index (χ3n) is 4.55. The van der Waals surface area contributed by atoms with Crippen molar-refractivity contribution in [2.24, 2.45) is 4.99 Å². The lowest BCUT2D eigenvalue weighted by molar-refractivity contribution is 0.642. The molecule has 2 aromatic rings. The van der Waals surface area contributed by atoms with Gasteiger partial charge in [-0.05, 0) is 44.7 Å². The number of aryl methyl sites for hydroxylation is 2. The molecule has 1 aliphatic rings. The van der Waals surface area contributed by atoms with Gasteiger partial charge in [0.1, 0.15) is 5.01 Å². The zero-order chi connectivity index (χ0) is 17.0. The zero-order valence-electron chi connectivity index (χ0n) is 14.7. The van der Waals surface area contributed by atoms with E-state index in [2.05, 4.69) is 65.6 Å². The van der Waals surface area contributed by atoms with Crippen molar-refractivity contribution in [3.8, 4) is 0 Å². The monoisotopic (exact) mass is 342 g/mol. The van der Waals surface area contributed by atoms with Gasteiger partial charge in [-0.2, -0.15) is 0 Å². The van der Waals surface area contributed by atoms with Crippen LogP contribution in [-0.4, -0.2) is 24.0 Å². The standard InChI is InChI=1S/C19H26N4S/c1-4-20-18(22-12-17-21-11-15(3)24-17)23-13-19(9-10-19)16-8-6-5-7-14(16)2/h5-8,11H,4,9-10,12-13H2,1-3H3,(H2,20,22,23). The van der Waals surface area contributed by atoms with Gasteiger partial charge in [-0.15, -0.1) is 11.3 Å². The maximum absolute atomic E-state index is 4.69. The second-order valence-electron chi connectivity index (χ2n) is 6.51. The summed E-state index contributed by atoms with van der Waals surface area (Å²) in [6.45, 7) is 8.80. The van der Waals surface area contributed by atoms with E-state index < -0.39 is 0 Å². The summed E-state index contributed by atoms with van der Waals surface area (Å²) in [5.41, 5.74) is 3.14. The Kier molecular flexibility index (Phi) is 5.19. The SMILES string of the molecule is CCNC(=NCc1ncc(C)s1)NCC1(c2ccccc2C)CC1. The highest BCUT2D eigenvalue weighted by Crippen LogP contribution is 2.48. The van der Waals surface area contributed by atoms with E-state index in [1.54, 1.807) is 11.3 Å². The number of hydrogen-bond acceptors (Lipinski definition) is 3. The molecule has 0 unspecified atom stereocenters. The lowest BCUT2D eigenvalue weighted by Gasteiger charge is -2.20. The Labute approximate surface area is 148 Å². The maximum Gasteiger partial charge on any atom is 0.191 e. The Morgan fingerprint density at radius 3 is 2.67 bits per heavy atom. The van der Waals surface area contributed by atoms with E-state index in [1.165, 1.54) is 28.8 Å². The summed E-state index contributed by atoms with van der Waals surface area (Å²) in [7, 11) is 0. The van der Waals surface area contributed by atoms with E-state index in [1.807, 2.05) is 6.20 Å². The van der Waals surface area contributed by atoms with Gasteiger partial charge in [0.2, 0.25) is 0 Å². The molecule has 0 spiro atoms. The summed E-state index contributed by atoms with van der Waals surface area (Å²) < 4.78 is 0. The predicted molar refractivity (Wildman–Crippen MR) is 102 cm³/mol. The molecule has 24 heavy (non-hydrogen) atoms. The third-order valence-corrected chi connectivity index (χ3v) is 5.45. The first-order chi connectivity index (χ1) is 11.6. The molecule has 128 valence electrons. The van der Waals surface area contributed by atoms with Gasteiger partial charge in [-0.1, -0.05) is 24.3 Å². The van der Waals surface area contributed by atoms with Crippen molar-refractivity contribution in [3.05, 3.63) is 51.5 Å². The van der Waals surface area contributed by atoms with E-state index in [9.17, 15) is 0 Å². The van der Waals surface area contributed by atoms with Gasteiger partial charge < -0.3 is 10.6 Å². The van der Waals surface area contributed by atoms with Crippen molar-refractivity contribution in [1.82, 2.24) is 15.6 Å². The normalized spacial score (nSPS) is 16.0. The van der Waals surface area contributed by atoms with E-state index in [-0.39, 0.29) is 5.41 Å². The molecule has 1 fully saturated rings. The lowest BCUT2D eigenvalue weighted by atomic mass is 9.92. The van der Waals surface area contributed by atoms with Gasteiger partial charge in [0, 0.05) is 29.6 Å². The third kappa shape index (κ3) is 3.96. The predicted octanol–water partition coefficient (Wildman–Crippen LogP) is 3.55. The summed E-state index contributed by atoms with van der Waals surface area (Å²) >= 11 is 1.71. The number of nitrogens with zero attached hydrogens (tertiary/aromatic N) is 2. The molecule has 1 heterocycles. The maximum atomic E-state index is 4.69. The lowest BCUT2D eigenvalue weighted by Crippen LogP contribution is -2.41. The number of benzene rings is 1. The summed E-state index contributed by atoms with van der Waals surface area (Å²) in [6, 6.07) is 8.74. The second-order valence-corrected chi connectivity index (χ2v) is 7.83. The first kappa shape index (κ1) is 17.0. The van der Waals surface area contributed by atoms with Gasteiger partial charge in [0.15, 0.2) is 5.96 Å². The Morgan fingerprint density at radius 1 is 1.25 bits per heavy atom. The van der Waals surface area contributed by atoms with E-state index in [0.717, 1.165) is 24.1 Å². The van der Waals surface area contributed by atoms with Crippen LogP contribution in [0.25, 0.3) is 0 Å². The molecule has 0 saturated heterocycles. The first-order valence-electron chi connectivity index (χ1n) is 8.62. The second kappa shape index (κ2) is 7.34. The largest absolute Gasteiger partial charge is 0.357 e. The van der Waals surface area contributed by atoms with Crippen LogP contribution in [0.3, 0.4) is 0 Å². The van der Waals surface area contributed by atoms with Gasteiger partial charge >= 0.3 is 0 Å². The van der Waals surface area contributed by atoms with Crippen molar-refractivity contribution >= 4 is 17.3 Å². The Hall–Kier alpha value is -1.88. The molecule has 1 aromatic heterocycles. The van der Waals surface area contributed by atoms with Crippen LogP contribution in [0.4, 0.5) is 0 Å². The highest BCUT2D eigenvalue weighted by molar-refractivity contribution is 7.11. The van der Waals surface area contributed by atoms with Gasteiger partial charge in [-0.3, -0.25) is 0 Å². The molecule has 4 nitrogen and oxygen atoms in total. The molecule has 1 saturated carbocycles. The van der Waals surface area contributed by atoms with Crippen LogP contribution in [0.5, 0.6) is 0 Å². The number of hydrogen-bond donors (Lipinski definition) is 2. The molecular formula is C19H26N4S. The summed E-state index contributed by atoms with van der Waals surface area (Å²) in [4.78, 5) is 10.3. The van der Waals surface area contributed by atoms with E-state index >= 15 is 0 Å². The highest BCUT2D eigenvalue weighted by Gasteiger charge is 2.44.